The van der Waals surface area contributed by atoms with Gasteiger partial charge in [0, 0.05) is 12.5 Å². The first kappa shape index (κ1) is 12.9. The molecule has 0 bridgehead atoms. The molecule has 4 heteroatoms. The summed E-state index contributed by atoms with van der Waals surface area (Å²) in [5.41, 5.74) is 0. The molecule has 0 heterocycles. The van der Waals surface area contributed by atoms with Gasteiger partial charge in [-0.1, -0.05) is 20.8 Å². The molecule has 1 unspecified atom stereocenters. The van der Waals surface area contributed by atoms with E-state index in [1.54, 1.807) is 0 Å². The second-order valence-electron chi connectivity index (χ2n) is 3.65. The number of ether oxygens (including phenoxy) is 1. The van der Waals surface area contributed by atoms with Crippen molar-refractivity contribution >= 4 is 11.9 Å². The van der Waals surface area contributed by atoms with E-state index in [4.69, 9.17) is 0 Å². The maximum Gasteiger partial charge on any atom is 0.307 e. The van der Waals surface area contributed by atoms with Gasteiger partial charge in [-0.25, -0.2) is 0 Å². The van der Waals surface area contributed by atoms with Crippen LogP contribution in [0.5, 0.6) is 0 Å². The molecular weight excluding hydrogens is 182 g/mol. The summed E-state index contributed by atoms with van der Waals surface area (Å²) in [6.45, 7) is 6.20. The van der Waals surface area contributed by atoms with Crippen LogP contribution in [0.2, 0.25) is 0 Å². The Balaban J connectivity index is 3.69. The molecule has 0 fully saturated rings. The molecule has 0 rings (SSSR count). The summed E-state index contributed by atoms with van der Waals surface area (Å²) in [5.74, 6) is -0.0211. The molecule has 1 amide bonds. The molecule has 0 aromatic carbocycles. The molecule has 1 N–H and O–H groups in total. The molecule has 1 atom stereocenters. The summed E-state index contributed by atoms with van der Waals surface area (Å²) in [7, 11) is 1.33. The number of rotatable bonds is 5. The molecule has 0 aliphatic carbocycles. The highest BCUT2D eigenvalue weighted by Gasteiger charge is 2.15. The molecule has 0 aromatic heterocycles. The number of carbonyl (C=O) groups excluding carboxylic acids is 2. The molecule has 0 aliphatic heterocycles. The Hall–Kier alpha value is -1.06. The fourth-order valence-corrected chi connectivity index (χ4v) is 0.854. The van der Waals surface area contributed by atoms with Gasteiger partial charge in [0.05, 0.1) is 13.5 Å². The Morgan fingerprint density at radius 3 is 2.29 bits per heavy atom. The van der Waals surface area contributed by atoms with Crippen LogP contribution >= 0.6 is 0 Å². The van der Waals surface area contributed by atoms with Crippen molar-refractivity contribution in [3.63, 3.8) is 0 Å². The smallest absolute Gasteiger partial charge is 0.307 e. The van der Waals surface area contributed by atoms with Gasteiger partial charge in [-0.2, -0.15) is 0 Å². The maximum atomic E-state index is 11.4. The zero-order valence-corrected chi connectivity index (χ0v) is 9.29. The van der Waals surface area contributed by atoms with Crippen LogP contribution in [0.1, 0.15) is 27.2 Å². The molecule has 0 saturated carbocycles. The number of esters is 1. The van der Waals surface area contributed by atoms with Crippen LogP contribution in [-0.2, 0) is 14.3 Å². The van der Waals surface area contributed by atoms with Crippen molar-refractivity contribution < 1.29 is 14.3 Å². The molecule has 4 nitrogen and oxygen atoms in total. The van der Waals surface area contributed by atoms with Gasteiger partial charge < -0.3 is 10.1 Å². The van der Waals surface area contributed by atoms with E-state index in [9.17, 15) is 9.59 Å². The van der Waals surface area contributed by atoms with Gasteiger partial charge in [-0.05, 0) is 5.92 Å². The standard InChI is InChI=1S/C10H19NO3/c1-7(2)8(3)10(13)11-6-5-9(12)14-4/h7-8H,5-6H2,1-4H3,(H,11,13). The first-order valence-corrected chi connectivity index (χ1v) is 4.83. The first-order chi connectivity index (χ1) is 6.49. The molecule has 0 saturated heterocycles. The van der Waals surface area contributed by atoms with Gasteiger partial charge in [0.25, 0.3) is 0 Å². The highest BCUT2D eigenvalue weighted by Crippen LogP contribution is 2.08. The second kappa shape index (κ2) is 6.40. The van der Waals surface area contributed by atoms with Crippen molar-refractivity contribution in [1.29, 1.82) is 0 Å². The SMILES string of the molecule is COC(=O)CCNC(=O)C(C)C(C)C. The molecular formula is C10H19NO3. The summed E-state index contributed by atoms with van der Waals surface area (Å²) < 4.78 is 4.45. The van der Waals surface area contributed by atoms with Gasteiger partial charge in [0.1, 0.15) is 0 Å². The normalized spacial score (nSPS) is 12.4. The number of hydrogen-bond donors (Lipinski definition) is 1. The van der Waals surface area contributed by atoms with E-state index in [0.29, 0.717) is 12.5 Å². The monoisotopic (exact) mass is 201 g/mol. The van der Waals surface area contributed by atoms with Crippen molar-refractivity contribution in [2.24, 2.45) is 11.8 Å². The van der Waals surface area contributed by atoms with Crippen molar-refractivity contribution in [2.75, 3.05) is 13.7 Å². The molecule has 0 radical (unpaired) electrons. The van der Waals surface area contributed by atoms with Gasteiger partial charge in [0.15, 0.2) is 0 Å². The minimum Gasteiger partial charge on any atom is -0.469 e. The number of hydrogen-bond acceptors (Lipinski definition) is 3. The predicted octanol–water partition coefficient (Wildman–Crippen LogP) is 0.958. The van der Waals surface area contributed by atoms with E-state index in [1.165, 1.54) is 7.11 Å². The van der Waals surface area contributed by atoms with Crippen molar-refractivity contribution in [3.05, 3.63) is 0 Å². The molecule has 82 valence electrons. The van der Waals surface area contributed by atoms with Crippen LogP contribution in [0.15, 0.2) is 0 Å². The molecule has 0 aromatic rings. The van der Waals surface area contributed by atoms with Crippen molar-refractivity contribution in [3.8, 4) is 0 Å². The lowest BCUT2D eigenvalue weighted by atomic mass is 9.97. The third-order valence-electron chi connectivity index (χ3n) is 2.27. The van der Waals surface area contributed by atoms with Gasteiger partial charge in [-0.3, -0.25) is 9.59 Å². The predicted molar refractivity (Wildman–Crippen MR) is 53.6 cm³/mol. The first-order valence-electron chi connectivity index (χ1n) is 4.83. The highest BCUT2D eigenvalue weighted by atomic mass is 16.5. The number of methoxy groups -OCH3 is 1. The fourth-order valence-electron chi connectivity index (χ4n) is 0.854. The lowest BCUT2D eigenvalue weighted by Gasteiger charge is -2.14. The summed E-state index contributed by atoms with van der Waals surface area (Å²) >= 11 is 0. The van der Waals surface area contributed by atoms with Gasteiger partial charge in [-0.15, -0.1) is 0 Å². The van der Waals surface area contributed by atoms with E-state index in [2.05, 4.69) is 10.1 Å². The number of amides is 1. The largest absolute Gasteiger partial charge is 0.469 e. The van der Waals surface area contributed by atoms with Crippen LogP contribution < -0.4 is 5.32 Å². The quantitative estimate of drug-likeness (QED) is 0.674. The lowest BCUT2D eigenvalue weighted by molar-refractivity contribution is -0.140. The molecule has 14 heavy (non-hydrogen) atoms. The van der Waals surface area contributed by atoms with Crippen LogP contribution in [0.25, 0.3) is 0 Å². The average Bonchev–Trinajstić information content (AvgIpc) is 2.15. The highest BCUT2D eigenvalue weighted by molar-refractivity contribution is 5.79. The zero-order chi connectivity index (χ0) is 11.1. The van der Waals surface area contributed by atoms with E-state index in [0.717, 1.165) is 0 Å². The van der Waals surface area contributed by atoms with Crippen LogP contribution in [0.3, 0.4) is 0 Å². The van der Waals surface area contributed by atoms with E-state index in [1.807, 2.05) is 20.8 Å². The van der Waals surface area contributed by atoms with E-state index in [-0.39, 0.29) is 24.2 Å². The van der Waals surface area contributed by atoms with E-state index >= 15 is 0 Å². The summed E-state index contributed by atoms with van der Waals surface area (Å²) in [4.78, 5) is 22.1. The minimum absolute atomic E-state index is 0.0103. The summed E-state index contributed by atoms with van der Waals surface area (Å²) in [6, 6.07) is 0. The number of nitrogens with one attached hydrogen (secondary N) is 1. The number of carbonyl (C=O) groups is 2. The zero-order valence-electron chi connectivity index (χ0n) is 9.29. The fraction of sp³-hybridized carbons (Fsp3) is 0.800. The van der Waals surface area contributed by atoms with Crippen molar-refractivity contribution in [1.82, 2.24) is 5.32 Å². The third-order valence-corrected chi connectivity index (χ3v) is 2.27. The Morgan fingerprint density at radius 2 is 1.86 bits per heavy atom. The van der Waals surface area contributed by atoms with E-state index < -0.39 is 0 Å². The minimum atomic E-state index is -0.303. The van der Waals surface area contributed by atoms with Gasteiger partial charge >= 0.3 is 5.97 Å². The summed E-state index contributed by atoms with van der Waals surface area (Å²) in [6.07, 6.45) is 0.229. The van der Waals surface area contributed by atoms with Gasteiger partial charge in [0.2, 0.25) is 5.91 Å². The molecule has 0 spiro atoms. The second-order valence-corrected chi connectivity index (χ2v) is 3.65. The van der Waals surface area contributed by atoms with Crippen LogP contribution in [0, 0.1) is 11.8 Å². The average molecular weight is 201 g/mol. The lowest BCUT2D eigenvalue weighted by Crippen LogP contribution is -2.33. The van der Waals surface area contributed by atoms with Crippen LogP contribution in [0.4, 0.5) is 0 Å². The Labute approximate surface area is 85.0 Å². The Morgan fingerprint density at radius 1 is 1.29 bits per heavy atom. The Kier molecular flexibility index (Phi) is 5.92. The third kappa shape index (κ3) is 4.84. The van der Waals surface area contributed by atoms with Crippen molar-refractivity contribution in [2.45, 2.75) is 27.2 Å². The van der Waals surface area contributed by atoms with Crippen LogP contribution in [-0.4, -0.2) is 25.5 Å². The topological polar surface area (TPSA) is 55.4 Å². The maximum absolute atomic E-state index is 11.4. The Bertz CT molecular complexity index is 202. The molecule has 0 aliphatic rings. The summed E-state index contributed by atoms with van der Waals surface area (Å²) in [5, 5.41) is 2.69.